The summed E-state index contributed by atoms with van der Waals surface area (Å²) in [6.07, 6.45) is 5.76. The molecule has 1 aromatic carbocycles. The van der Waals surface area contributed by atoms with Crippen LogP contribution in [0.3, 0.4) is 0 Å². The third-order valence-corrected chi connectivity index (χ3v) is 6.67. The van der Waals surface area contributed by atoms with Gasteiger partial charge in [-0.2, -0.15) is 0 Å². The maximum Gasteiger partial charge on any atom is 0.294 e. The van der Waals surface area contributed by atoms with Gasteiger partial charge in [0.15, 0.2) is 12.0 Å². The van der Waals surface area contributed by atoms with Crippen LogP contribution in [0.25, 0.3) is 0 Å². The summed E-state index contributed by atoms with van der Waals surface area (Å²) in [6.45, 7) is 4.47. The first-order valence-corrected chi connectivity index (χ1v) is 10.8. The second-order valence-corrected chi connectivity index (χ2v) is 8.94. The van der Waals surface area contributed by atoms with Crippen molar-refractivity contribution in [2.45, 2.75) is 51.7 Å². The Morgan fingerprint density at radius 3 is 2.44 bits per heavy atom. The molecule has 0 bridgehead atoms. The molecule has 2 aliphatic rings. The van der Waals surface area contributed by atoms with Gasteiger partial charge in [-0.05, 0) is 50.4 Å². The molecule has 3 rings (SSSR count). The fourth-order valence-corrected chi connectivity index (χ4v) is 4.85. The highest BCUT2D eigenvalue weighted by atomic mass is 19.1. The molecule has 7 nitrogen and oxygen atoms in total. The first-order valence-electron chi connectivity index (χ1n) is 10.8. The third-order valence-electron chi connectivity index (χ3n) is 6.67. The van der Waals surface area contributed by atoms with Crippen molar-refractivity contribution in [2.24, 2.45) is 5.41 Å². The van der Waals surface area contributed by atoms with E-state index in [1.165, 1.54) is 21.9 Å². The van der Waals surface area contributed by atoms with Crippen LogP contribution in [-0.4, -0.2) is 52.3 Å². The van der Waals surface area contributed by atoms with Gasteiger partial charge in [0.05, 0.1) is 11.8 Å². The molecule has 0 spiro atoms. The number of benzene rings is 1. The second-order valence-electron chi connectivity index (χ2n) is 8.94. The van der Waals surface area contributed by atoms with Gasteiger partial charge in [-0.15, -0.1) is 0 Å². The van der Waals surface area contributed by atoms with Crippen molar-refractivity contribution >= 4 is 18.1 Å². The predicted molar refractivity (Wildman–Crippen MR) is 118 cm³/mol. The number of amides is 2. The summed E-state index contributed by atoms with van der Waals surface area (Å²) in [5.41, 5.74) is -0.397. The molecular formula is C24H30FN3O4. The molecular weight excluding hydrogens is 413 g/mol. The van der Waals surface area contributed by atoms with Gasteiger partial charge in [0.1, 0.15) is 11.5 Å². The van der Waals surface area contributed by atoms with Crippen LogP contribution >= 0.6 is 0 Å². The Hall–Kier alpha value is -3.00. The summed E-state index contributed by atoms with van der Waals surface area (Å²) in [7, 11) is 1.73. The summed E-state index contributed by atoms with van der Waals surface area (Å²) in [5, 5.41) is 13.9. The van der Waals surface area contributed by atoms with Crippen molar-refractivity contribution in [3.05, 3.63) is 59.3 Å². The number of hydrogen-bond acceptors (Lipinski definition) is 5. The minimum Gasteiger partial charge on any atom is -0.503 e. The summed E-state index contributed by atoms with van der Waals surface area (Å²) < 4.78 is 13.2. The minimum absolute atomic E-state index is 0.148. The van der Waals surface area contributed by atoms with Gasteiger partial charge >= 0.3 is 0 Å². The molecule has 1 fully saturated rings. The van der Waals surface area contributed by atoms with E-state index in [-0.39, 0.29) is 30.0 Å². The molecule has 0 aromatic heterocycles. The Bertz CT molecular complexity index is 954. The molecule has 2 N–H and O–H groups in total. The fourth-order valence-electron chi connectivity index (χ4n) is 4.85. The summed E-state index contributed by atoms with van der Waals surface area (Å²) >= 11 is 0. The van der Waals surface area contributed by atoms with Gasteiger partial charge < -0.3 is 10.0 Å². The van der Waals surface area contributed by atoms with E-state index >= 15 is 0 Å². The lowest BCUT2D eigenvalue weighted by Crippen LogP contribution is -2.65. The molecule has 1 aliphatic carbocycles. The Morgan fingerprint density at radius 1 is 1.19 bits per heavy atom. The normalized spacial score (nSPS) is 27.5. The first-order chi connectivity index (χ1) is 15.1. The van der Waals surface area contributed by atoms with E-state index in [2.05, 4.69) is 5.32 Å². The number of rotatable bonds is 5. The zero-order valence-electron chi connectivity index (χ0n) is 18.7. The zero-order valence-corrected chi connectivity index (χ0v) is 18.7. The standard InChI is InChI=1S/C24H30FN3O4/c1-23(2)11-5-12-24(23,26-3)28-19(16-29)6-4-13-27(21(31)14-20(30)22(28)32)15-17-7-9-18(25)10-8-17/h6-10,14,16,26,30H,4-5,11-13,15H2,1-3H3/b19-6+,20-14-. The number of aliphatic hydroxyl groups is 1. The van der Waals surface area contributed by atoms with E-state index in [0.717, 1.165) is 18.9 Å². The SMILES string of the molecule is CNC1(N2C(=O)/C(O)=C/C(=O)N(Cc3ccc(F)cc3)CC/C=C/2C=O)CCCC1(C)C. The van der Waals surface area contributed by atoms with E-state index in [9.17, 15) is 23.9 Å². The zero-order chi connectivity index (χ0) is 23.5. The van der Waals surface area contributed by atoms with E-state index in [0.29, 0.717) is 24.7 Å². The number of aldehydes is 1. The van der Waals surface area contributed by atoms with Crippen LogP contribution in [0, 0.1) is 11.2 Å². The number of nitrogens with zero attached hydrogens (tertiary/aromatic N) is 2. The van der Waals surface area contributed by atoms with Gasteiger partial charge in [-0.25, -0.2) is 4.39 Å². The number of carbonyl (C=O) groups is 3. The van der Waals surface area contributed by atoms with Gasteiger partial charge in [0.2, 0.25) is 0 Å². The largest absolute Gasteiger partial charge is 0.503 e. The van der Waals surface area contributed by atoms with Crippen molar-refractivity contribution in [1.82, 2.24) is 15.1 Å². The Labute approximate surface area is 187 Å². The number of allylic oxidation sites excluding steroid dienone is 1. The predicted octanol–water partition coefficient (Wildman–Crippen LogP) is 3.04. The molecule has 2 amide bonds. The van der Waals surface area contributed by atoms with Gasteiger partial charge in [-0.1, -0.05) is 32.1 Å². The summed E-state index contributed by atoms with van der Waals surface area (Å²) in [6, 6.07) is 5.76. The van der Waals surface area contributed by atoms with Gasteiger partial charge in [0, 0.05) is 18.5 Å². The average molecular weight is 444 g/mol. The van der Waals surface area contributed by atoms with Crippen LogP contribution in [0.1, 0.15) is 45.1 Å². The molecule has 1 heterocycles. The highest BCUT2D eigenvalue weighted by Crippen LogP contribution is 2.49. The first kappa shape index (κ1) is 23.7. The molecule has 1 unspecified atom stereocenters. The van der Waals surface area contributed by atoms with Crippen molar-refractivity contribution in [1.29, 1.82) is 0 Å². The smallest absolute Gasteiger partial charge is 0.294 e. The minimum atomic E-state index is -0.880. The number of carbonyl (C=O) groups excluding carboxylic acids is 3. The highest BCUT2D eigenvalue weighted by Gasteiger charge is 2.55. The summed E-state index contributed by atoms with van der Waals surface area (Å²) in [5.74, 6) is -2.45. The molecule has 1 atom stereocenters. The van der Waals surface area contributed by atoms with Crippen LogP contribution in [0.2, 0.25) is 0 Å². The quantitative estimate of drug-likeness (QED) is 0.683. The van der Waals surface area contributed by atoms with Crippen LogP contribution in [0.4, 0.5) is 4.39 Å². The highest BCUT2D eigenvalue weighted by molar-refractivity contribution is 6.02. The number of hydrogen-bond donors (Lipinski definition) is 2. The Balaban J connectivity index is 1.99. The van der Waals surface area contributed by atoms with Crippen molar-refractivity contribution in [2.75, 3.05) is 13.6 Å². The molecule has 1 aliphatic heterocycles. The average Bonchev–Trinajstić information content (AvgIpc) is 3.07. The monoisotopic (exact) mass is 443 g/mol. The van der Waals surface area contributed by atoms with E-state index < -0.39 is 23.2 Å². The Kier molecular flexibility index (Phi) is 6.83. The van der Waals surface area contributed by atoms with Crippen LogP contribution < -0.4 is 5.32 Å². The van der Waals surface area contributed by atoms with Crippen molar-refractivity contribution in [3.8, 4) is 0 Å². The van der Waals surface area contributed by atoms with Crippen molar-refractivity contribution < 1.29 is 23.9 Å². The van der Waals surface area contributed by atoms with Crippen molar-refractivity contribution in [3.63, 3.8) is 0 Å². The third kappa shape index (κ3) is 4.32. The topological polar surface area (TPSA) is 90.0 Å². The molecule has 0 radical (unpaired) electrons. The van der Waals surface area contributed by atoms with Crippen LogP contribution in [-0.2, 0) is 20.9 Å². The molecule has 1 saturated carbocycles. The van der Waals surface area contributed by atoms with E-state index in [4.69, 9.17) is 0 Å². The molecule has 0 saturated heterocycles. The van der Waals surface area contributed by atoms with E-state index in [1.807, 2.05) is 13.8 Å². The Morgan fingerprint density at radius 2 is 1.88 bits per heavy atom. The van der Waals surface area contributed by atoms with Gasteiger partial charge in [0.25, 0.3) is 11.8 Å². The maximum atomic E-state index is 13.4. The van der Waals surface area contributed by atoms with Crippen LogP contribution in [0.15, 0.2) is 47.9 Å². The molecule has 1 aromatic rings. The molecule has 32 heavy (non-hydrogen) atoms. The number of halogens is 1. The molecule has 172 valence electrons. The lowest BCUT2D eigenvalue weighted by atomic mass is 9.79. The maximum absolute atomic E-state index is 13.4. The molecule has 8 heteroatoms. The number of nitrogens with one attached hydrogen (secondary N) is 1. The van der Waals surface area contributed by atoms with Crippen LogP contribution in [0.5, 0.6) is 0 Å². The van der Waals surface area contributed by atoms with Gasteiger partial charge in [-0.3, -0.25) is 24.6 Å². The fraction of sp³-hybridized carbons (Fsp3) is 0.458. The van der Waals surface area contributed by atoms with E-state index in [1.54, 1.807) is 25.3 Å². The second kappa shape index (κ2) is 9.24. The number of aliphatic hydroxyl groups excluding tert-OH is 1. The lowest BCUT2D eigenvalue weighted by Gasteiger charge is -2.49. The summed E-state index contributed by atoms with van der Waals surface area (Å²) in [4.78, 5) is 41.1. The lowest BCUT2D eigenvalue weighted by molar-refractivity contribution is -0.141.